The van der Waals surface area contributed by atoms with Crippen LogP contribution in [-0.4, -0.2) is 34.5 Å². The number of rotatable bonds is 7. The Labute approximate surface area is 139 Å². The number of carbonyl (C=O) groups excluding carboxylic acids is 2. The first-order chi connectivity index (χ1) is 11.5. The number of aromatic hydroxyl groups is 2. The summed E-state index contributed by atoms with van der Waals surface area (Å²) in [6.07, 6.45) is 2.34. The number of phenolic OH excluding ortho intramolecular Hbond substituents is 2. The van der Waals surface area contributed by atoms with Crippen LogP contribution in [0.1, 0.15) is 11.1 Å². The molecule has 0 bridgehead atoms. The summed E-state index contributed by atoms with van der Waals surface area (Å²) in [6, 6.07) is 11.1. The Morgan fingerprint density at radius 2 is 1.42 bits per heavy atom. The maximum Gasteiger partial charge on any atom is 0.237 e. The number of amides is 1. The maximum absolute atomic E-state index is 12.1. The third-order valence-electron chi connectivity index (χ3n) is 3.56. The Bertz CT molecular complexity index is 683. The summed E-state index contributed by atoms with van der Waals surface area (Å²) in [5.74, 6) is -0.179. The van der Waals surface area contributed by atoms with Gasteiger partial charge in [0.05, 0.1) is 12.1 Å². The Balaban J connectivity index is 1.91. The zero-order valence-electron chi connectivity index (χ0n) is 13.0. The molecule has 0 fully saturated rings. The average Bonchev–Trinajstić information content (AvgIpc) is 2.58. The van der Waals surface area contributed by atoms with Crippen molar-refractivity contribution in [1.82, 2.24) is 5.32 Å². The van der Waals surface area contributed by atoms with E-state index in [1.54, 1.807) is 30.6 Å². The van der Waals surface area contributed by atoms with Crippen LogP contribution in [0, 0.1) is 0 Å². The van der Waals surface area contributed by atoms with Gasteiger partial charge in [0.15, 0.2) is 0 Å². The molecule has 0 saturated heterocycles. The highest BCUT2D eigenvalue weighted by Gasteiger charge is 2.19. The first kappa shape index (κ1) is 17.5. The van der Waals surface area contributed by atoms with Gasteiger partial charge >= 0.3 is 0 Å². The number of carbonyl (C=O) groups is 1. The fourth-order valence-electron chi connectivity index (χ4n) is 2.25. The summed E-state index contributed by atoms with van der Waals surface area (Å²) in [4.78, 5) is 23.2. The van der Waals surface area contributed by atoms with E-state index in [0.29, 0.717) is 0 Å². The molecule has 5 N–H and O–H groups in total. The lowest BCUT2D eigenvalue weighted by atomic mass is 10.0. The molecule has 1 radical (unpaired) electrons. The summed E-state index contributed by atoms with van der Waals surface area (Å²) in [6.45, 7) is 0. The Morgan fingerprint density at radius 3 is 1.88 bits per heavy atom. The first-order valence-corrected chi connectivity index (χ1v) is 7.47. The van der Waals surface area contributed by atoms with Crippen molar-refractivity contribution in [3.05, 3.63) is 59.7 Å². The van der Waals surface area contributed by atoms with E-state index in [-0.39, 0.29) is 24.3 Å². The largest absolute Gasteiger partial charge is 0.508 e. The van der Waals surface area contributed by atoms with E-state index < -0.39 is 18.0 Å². The monoisotopic (exact) mass is 327 g/mol. The fraction of sp³-hybridized carbons (Fsp3) is 0.222. The molecule has 2 atom stereocenters. The van der Waals surface area contributed by atoms with Crippen LogP contribution in [0.25, 0.3) is 0 Å². The summed E-state index contributed by atoms with van der Waals surface area (Å²) in [7, 11) is 0. The zero-order chi connectivity index (χ0) is 17.5. The summed E-state index contributed by atoms with van der Waals surface area (Å²) >= 11 is 0. The molecular weight excluding hydrogens is 308 g/mol. The minimum Gasteiger partial charge on any atom is -0.508 e. The fourth-order valence-corrected chi connectivity index (χ4v) is 2.25. The van der Waals surface area contributed by atoms with E-state index in [4.69, 9.17) is 5.73 Å². The number of phenols is 2. The van der Waals surface area contributed by atoms with Gasteiger partial charge in [0, 0.05) is 6.42 Å². The Kier molecular flexibility index (Phi) is 5.92. The van der Waals surface area contributed by atoms with Crippen LogP contribution in [0.5, 0.6) is 11.5 Å². The molecule has 2 rings (SSSR count). The minimum absolute atomic E-state index is 0.130. The molecular formula is C18H19N2O4. The van der Waals surface area contributed by atoms with E-state index in [1.165, 1.54) is 24.3 Å². The topological polar surface area (TPSA) is 113 Å². The van der Waals surface area contributed by atoms with Gasteiger partial charge < -0.3 is 21.3 Å². The van der Waals surface area contributed by atoms with E-state index >= 15 is 0 Å². The summed E-state index contributed by atoms with van der Waals surface area (Å²) < 4.78 is 0. The average molecular weight is 327 g/mol. The molecule has 6 heteroatoms. The number of hydrogen-bond acceptors (Lipinski definition) is 5. The second-order valence-corrected chi connectivity index (χ2v) is 5.53. The van der Waals surface area contributed by atoms with Crippen molar-refractivity contribution >= 4 is 12.2 Å². The highest BCUT2D eigenvalue weighted by atomic mass is 16.3. The molecule has 1 amide bonds. The quantitative estimate of drug-likeness (QED) is 0.601. The second kappa shape index (κ2) is 8.12. The van der Waals surface area contributed by atoms with Crippen LogP contribution in [0.2, 0.25) is 0 Å². The van der Waals surface area contributed by atoms with Crippen LogP contribution in [0.15, 0.2) is 48.5 Å². The van der Waals surface area contributed by atoms with Crippen molar-refractivity contribution < 1.29 is 19.8 Å². The molecule has 2 aromatic rings. The van der Waals surface area contributed by atoms with Gasteiger partial charge in [-0.3, -0.25) is 9.59 Å². The number of nitrogens with two attached hydrogens (primary N) is 1. The predicted molar refractivity (Wildman–Crippen MR) is 89.2 cm³/mol. The van der Waals surface area contributed by atoms with Crippen LogP contribution < -0.4 is 11.1 Å². The Morgan fingerprint density at radius 1 is 0.958 bits per heavy atom. The normalized spacial score (nSPS) is 13.0. The highest BCUT2D eigenvalue weighted by Crippen LogP contribution is 2.12. The van der Waals surface area contributed by atoms with Gasteiger partial charge in [-0.1, -0.05) is 24.3 Å². The van der Waals surface area contributed by atoms with Gasteiger partial charge in [0.25, 0.3) is 0 Å². The van der Waals surface area contributed by atoms with E-state index in [0.717, 1.165) is 11.1 Å². The van der Waals surface area contributed by atoms with Crippen LogP contribution in [0.4, 0.5) is 0 Å². The molecule has 0 heterocycles. The molecule has 2 unspecified atom stereocenters. The van der Waals surface area contributed by atoms with Crippen molar-refractivity contribution in [3.8, 4) is 11.5 Å². The lowest BCUT2D eigenvalue weighted by molar-refractivity contribution is -0.122. The van der Waals surface area contributed by atoms with E-state index in [9.17, 15) is 19.8 Å². The first-order valence-electron chi connectivity index (χ1n) is 7.47. The van der Waals surface area contributed by atoms with Crippen molar-refractivity contribution in [3.63, 3.8) is 0 Å². The SMILES string of the molecule is NC(Cc1ccc(O)cc1)C(=O)NC([C]=O)Cc1ccc(O)cc1. The molecule has 125 valence electrons. The molecule has 0 aliphatic carbocycles. The molecule has 0 spiro atoms. The maximum atomic E-state index is 12.1. The minimum atomic E-state index is -0.815. The van der Waals surface area contributed by atoms with Crippen molar-refractivity contribution in [2.75, 3.05) is 0 Å². The molecule has 0 aromatic heterocycles. The van der Waals surface area contributed by atoms with Crippen molar-refractivity contribution in [1.29, 1.82) is 0 Å². The van der Waals surface area contributed by atoms with Gasteiger partial charge in [-0.25, -0.2) is 0 Å². The van der Waals surface area contributed by atoms with Gasteiger partial charge in [-0.05, 0) is 41.8 Å². The lowest BCUT2D eigenvalue weighted by Gasteiger charge is -2.16. The molecule has 0 aliphatic rings. The molecule has 0 saturated carbocycles. The third-order valence-corrected chi connectivity index (χ3v) is 3.56. The van der Waals surface area contributed by atoms with Crippen LogP contribution >= 0.6 is 0 Å². The third kappa shape index (κ3) is 5.10. The molecule has 6 nitrogen and oxygen atoms in total. The standard InChI is InChI=1S/C18H19N2O4/c19-17(10-13-3-7-16(23)8-4-13)18(24)20-14(11-21)9-12-1-5-15(22)6-2-12/h1-8,14,17,22-23H,9-10,19H2,(H,20,24). The van der Waals surface area contributed by atoms with Crippen LogP contribution in [-0.2, 0) is 22.4 Å². The van der Waals surface area contributed by atoms with Gasteiger partial charge in [0.2, 0.25) is 12.2 Å². The van der Waals surface area contributed by atoms with Gasteiger partial charge in [0.1, 0.15) is 11.5 Å². The van der Waals surface area contributed by atoms with Crippen molar-refractivity contribution in [2.45, 2.75) is 24.9 Å². The number of hydrogen-bond donors (Lipinski definition) is 4. The van der Waals surface area contributed by atoms with Crippen LogP contribution in [0.3, 0.4) is 0 Å². The van der Waals surface area contributed by atoms with Gasteiger partial charge in [-0.2, -0.15) is 0 Å². The Hall–Kier alpha value is -2.86. The number of benzene rings is 2. The second-order valence-electron chi connectivity index (χ2n) is 5.53. The van der Waals surface area contributed by atoms with E-state index in [2.05, 4.69) is 5.32 Å². The highest BCUT2D eigenvalue weighted by molar-refractivity contribution is 5.84. The van der Waals surface area contributed by atoms with Gasteiger partial charge in [-0.15, -0.1) is 0 Å². The summed E-state index contributed by atoms with van der Waals surface area (Å²) in [5, 5.41) is 21.0. The smallest absolute Gasteiger partial charge is 0.237 e. The predicted octanol–water partition coefficient (Wildman–Crippen LogP) is 0.805. The van der Waals surface area contributed by atoms with E-state index in [1.807, 2.05) is 0 Å². The zero-order valence-corrected chi connectivity index (χ0v) is 13.0. The van der Waals surface area contributed by atoms with Crippen molar-refractivity contribution in [2.24, 2.45) is 5.73 Å². The number of nitrogens with one attached hydrogen (secondary N) is 1. The lowest BCUT2D eigenvalue weighted by Crippen LogP contribution is -2.47. The summed E-state index contributed by atoms with van der Waals surface area (Å²) in [5.41, 5.74) is 7.46. The molecule has 0 aliphatic heterocycles. The molecule has 24 heavy (non-hydrogen) atoms. The molecule has 2 aromatic carbocycles.